The van der Waals surface area contributed by atoms with E-state index in [4.69, 9.17) is 0 Å². The molecule has 0 amide bonds. The molecule has 2 aliphatic carbocycles. The third-order valence-corrected chi connectivity index (χ3v) is 14.5. The first-order valence-electron chi connectivity index (χ1n) is 22.7. The quantitative estimate of drug-likeness (QED) is 0.162. The highest BCUT2D eigenvalue weighted by Gasteiger charge is 2.37. The molecule has 0 bridgehead atoms. The van der Waals surface area contributed by atoms with E-state index in [1.807, 2.05) is 0 Å². The lowest BCUT2D eigenvalue weighted by molar-refractivity contribution is 0.660. The first kappa shape index (κ1) is 38.3. The molecular weight excluding hydrogens is 773 g/mol. The van der Waals surface area contributed by atoms with Crippen LogP contribution in [0.2, 0.25) is 0 Å². The summed E-state index contributed by atoms with van der Waals surface area (Å²) in [4.78, 5) is 2.37. The average Bonchev–Trinajstić information content (AvgIpc) is 3.86. The predicted octanol–water partition coefficient (Wildman–Crippen LogP) is 16.8. The molecule has 1 aromatic heterocycles. The van der Waals surface area contributed by atoms with Crippen molar-refractivity contribution in [2.24, 2.45) is 0 Å². The first-order chi connectivity index (χ1) is 31.0. The zero-order chi connectivity index (χ0) is 43.5. The Hall–Kier alpha value is -7.42. The van der Waals surface area contributed by atoms with Gasteiger partial charge < -0.3 is 9.47 Å². The summed E-state index contributed by atoms with van der Waals surface area (Å²) in [5.41, 5.74) is 25.3. The van der Waals surface area contributed by atoms with Crippen molar-refractivity contribution in [2.75, 3.05) is 4.90 Å². The number of hydrogen-bond donors (Lipinski definition) is 0. The summed E-state index contributed by atoms with van der Waals surface area (Å²) in [7, 11) is 0. The Morgan fingerprint density at radius 3 is 1.52 bits per heavy atom. The fourth-order valence-electron chi connectivity index (χ4n) is 11.0. The van der Waals surface area contributed by atoms with Crippen LogP contribution in [-0.2, 0) is 10.8 Å². The van der Waals surface area contributed by atoms with Gasteiger partial charge in [0, 0.05) is 44.4 Å². The van der Waals surface area contributed by atoms with Crippen LogP contribution in [0.1, 0.15) is 61.1 Å². The SMILES string of the molecule is Cc1ccc(N(c2ccc(-c3ccc4c(c3)C(C)(C)c3cc(C)ccc3-4)cc2)c2ccc(-c3ccc4c(c3)c3ccccc3n4-c3ccc4c(c3)C(C)(C)c3ccccc3-4)cc2)cc1. The molecule has 308 valence electrons. The van der Waals surface area contributed by atoms with E-state index in [1.54, 1.807) is 0 Å². The minimum absolute atomic E-state index is 0.0419. The fourth-order valence-corrected chi connectivity index (χ4v) is 11.0. The van der Waals surface area contributed by atoms with Crippen molar-refractivity contribution in [3.63, 3.8) is 0 Å². The zero-order valence-electron chi connectivity index (χ0n) is 37.4. The van der Waals surface area contributed by atoms with Crippen LogP contribution in [0, 0.1) is 13.8 Å². The van der Waals surface area contributed by atoms with E-state index in [2.05, 4.69) is 245 Å². The van der Waals surface area contributed by atoms with E-state index in [0.29, 0.717) is 0 Å². The molecule has 0 spiro atoms. The third kappa shape index (κ3) is 5.78. The van der Waals surface area contributed by atoms with Gasteiger partial charge in [-0.2, -0.15) is 0 Å². The molecule has 9 aromatic carbocycles. The van der Waals surface area contributed by atoms with E-state index < -0.39 is 0 Å². The Morgan fingerprint density at radius 1 is 0.344 bits per heavy atom. The Labute approximate surface area is 376 Å². The van der Waals surface area contributed by atoms with Gasteiger partial charge in [0.1, 0.15) is 0 Å². The Bertz CT molecular complexity index is 3490. The van der Waals surface area contributed by atoms with E-state index in [-0.39, 0.29) is 10.8 Å². The molecule has 0 radical (unpaired) electrons. The summed E-state index contributed by atoms with van der Waals surface area (Å²) in [6.07, 6.45) is 0. The molecule has 2 heteroatoms. The van der Waals surface area contributed by atoms with Gasteiger partial charge in [-0.1, -0.05) is 160 Å². The van der Waals surface area contributed by atoms with E-state index >= 15 is 0 Å². The second-order valence-electron chi connectivity index (χ2n) is 19.2. The van der Waals surface area contributed by atoms with Crippen molar-refractivity contribution in [3.05, 3.63) is 228 Å². The van der Waals surface area contributed by atoms with E-state index in [1.165, 1.54) is 105 Å². The summed E-state index contributed by atoms with van der Waals surface area (Å²) in [6.45, 7) is 13.8. The van der Waals surface area contributed by atoms with Crippen LogP contribution in [0.15, 0.2) is 194 Å². The van der Waals surface area contributed by atoms with Crippen molar-refractivity contribution in [1.29, 1.82) is 0 Å². The Balaban J connectivity index is 0.884. The van der Waals surface area contributed by atoms with Crippen LogP contribution < -0.4 is 4.90 Å². The molecule has 0 N–H and O–H groups in total. The number of anilines is 3. The van der Waals surface area contributed by atoms with Crippen molar-refractivity contribution in [2.45, 2.75) is 52.4 Å². The van der Waals surface area contributed by atoms with Gasteiger partial charge >= 0.3 is 0 Å². The van der Waals surface area contributed by atoms with Gasteiger partial charge in [0.25, 0.3) is 0 Å². The number of para-hydroxylation sites is 1. The van der Waals surface area contributed by atoms with Crippen molar-refractivity contribution in [3.8, 4) is 50.2 Å². The van der Waals surface area contributed by atoms with Crippen molar-refractivity contribution >= 4 is 38.9 Å². The molecule has 0 fully saturated rings. The monoisotopic (exact) mass is 822 g/mol. The van der Waals surface area contributed by atoms with E-state index in [9.17, 15) is 0 Å². The van der Waals surface area contributed by atoms with Crippen LogP contribution in [-0.4, -0.2) is 4.57 Å². The maximum absolute atomic E-state index is 2.45. The number of nitrogens with zero attached hydrogens (tertiary/aromatic N) is 2. The molecular formula is C62H50N2. The summed E-state index contributed by atoms with van der Waals surface area (Å²) in [5, 5.41) is 2.52. The summed E-state index contributed by atoms with van der Waals surface area (Å²) >= 11 is 0. The number of benzene rings is 9. The number of aryl methyl sites for hydroxylation is 2. The lowest BCUT2D eigenvalue weighted by atomic mass is 9.81. The van der Waals surface area contributed by atoms with Crippen LogP contribution in [0.3, 0.4) is 0 Å². The molecule has 0 aliphatic heterocycles. The number of hydrogen-bond acceptors (Lipinski definition) is 1. The second kappa shape index (κ2) is 14.0. The molecule has 0 unspecified atom stereocenters. The van der Waals surface area contributed by atoms with Gasteiger partial charge in [0.05, 0.1) is 11.0 Å². The Morgan fingerprint density at radius 2 is 0.812 bits per heavy atom. The maximum Gasteiger partial charge on any atom is 0.0541 e. The van der Waals surface area contributed by atoms with Gasteiger partial charge in [0.15, 0.2) is 0 Å². The summed E-state index contributed by atoms with van der Waals surface area (Å²) in [6, 6.07) is 72.7. The zero-order valence-corrected chi connectivity index (χ0v) is 37.4. The van der Waals surface area contributed by atoms with Crippen molar-refractivity contribution in [1.82, 2.24) is 4.57 Å². The highest BCUT2D eigenvalue weighted by molar-refractivity contribution is 6.10. The minimum atomic E-state index is -0.0634. The standard InChI is InChI=1S/C62H50N2/c1-39-15-24-45(25-16-39)63(47-28-20-42(21-29-47)44-22-32-51-50-31-17-40(2)35-56(50)62(5,6)57(51)37-44)46-26-18-41(19-27-46)43-23-34-60-54(36-43)53-12-8-10-14-59(53)64(60)48-30-33-52-49-11-7-9-13-55(49)61(3,4)58(52)38-48/h7-38H,1-6H3. The highest BCUT2D eigenvalue weighted by Crippen LogP contribution is 2.51. The molecule has 1 heterocycles. The summed E-state index contributed by atoms with van der Waals surface area (Å²) in [5.74, 6) is 0. The smallest absolute Gasteiger partial charge is 0.0541 e. The minimum Gasteiger partial charge on any atom is -0.311 e. The van der Waals surface area contributed by atoms with Gasteiger partial charge in [-0.3, -0.25) is 0 Å². The average molecular weight is 823 g/mol. The summed E-state index contributed by atoms with van der Waals surface area (Å²) < 4.78 is 2.45. The number of fused-ring (bicyclic) bond motifs is 9. The predicted molar refractivity (Wildman–Crippen MR) is 271 cm³/mol. The normalized spacial score (nSPS) is 14.0. The van der Waals surface area contributed by atoms with Crippen LogP contribution >= 0.6 is 0 Å². The van der Waals surface area contributed by atoms with Gasteiger partial charge in [-0.15, -0.1) is 0 Å². The largest absolute Gasteiger partial charge is 0.311 e. The third-order valence-electron chi connectivity index (χ3n) is 14.5. The molecule has 2 nitrogen and oxygen atoms in total. The Kier molecular flexibility index (Phi) is 8.40. The maximum atomic E-state index is 2.45. The van der Waals surface area contributed by atoms with Crippen LogP contribution in [0.5, 0.6) is 0 Å². The molecule has 0 saturated heterocycles. The van der Waals surface area contributed by atoms with Gasteiger partial charge in [-0.25, -0.2) is 0 Å². The molecule has 12 rings (SSSR count). The fraction of sp³-hybridized carbons (Fsp3) is 0.129. The number of aromatic nitrogens is 1. The van der Waals surface area contributed by atoms with Crippen molar-refractivity contribution < 1.29 is 0 Å². The number of rotatable bonds is 6. The van der Waals surface area contributed by atoms with Gasteiger partial charge in [-0.05, 0) is 153 Å². The first-order valence-corrected chi connectivity index (χ1v) is 22.7. The molecule has 10 aromatic rings. The van der Waals surface area contributed by atoms with Crippen LogP contribution in [0.4, 0.5) is 17.1 Å². The highest BCUT2D eigenvalue weighted by atomic mass is 15.1. The molecule has 64 heavy (non-hydrogen) atoms. The lowest BCUT2D eigenvalue weighted by Crippen LogP contribution is -2.15. The van der Waals surface area contributed by atoms with Gasteiger partial charge in [0.2, 0.25) is 0 Å². The lowest BCUT2D eigenvalue weighted by Gasteiger charge is -2.26. The molecule has 0 atom stereocenters. The molecule has 2 aliphatic rings. The second-order valence-corrected chi connectivity index (χ2v) is 19.2. The van der Waals surface area contributed by atoms with Crippen LogP contribution in [0.25, 0.3) is 72.0 Å². The molecule has 0 saturated carbocycles. The van der Waals surface area contributed by atoms with E-state index in [0.717, 1.165) is 17.1 Å². The topological polar surface area (TPSA) is 8.17 Å².